The van der Waals surface area contributed by atoms with E-state index in [9.17, 15) is 4.79 Å². The minimum Gasteiger partial charge on any atom is -0.454 e. The van der Waals surface area contributed by atoms with Crippen LogP contribution in [0.25, 0.3) is 0 Å². The molecule has 0 N–H and O–H groups in total. The Morgan fingerprint density at radius 2 is 2.07 bits per heavy atom. The molecular weight excluding hydrogens is 354 g/mol. The average molecular weight is 379 g/mol. The molecule has 0 saturated carbocycles. The van der Waals surface area contributed by atoms with Gasteiger partial charge in [0.2, 0.25) is 12.7 Å². The molecule has 0 unspecified atom stereocenters. The number of carbonyl (C=O) groups is 1. The van der Waals surface area contributed by atoms with Gasteiger partial charge < -0.3 is 14.4 Å². The van der Waals surface area contributed by atoms with Crippen molar-refractivity contribution in [1.29, 1.82) is 0 Å². The molecule has 2 aliphatic heterocycles. The van der Waals surface area contributed by atoms with Crippen LogP contribution in [0.1, 0.15) is 48.8 Å². The molecule has 1 atom stereocenters. The monoisotopic (exact) mass is 379 g/mol. The van der Waals surface area contributed by atoms with E-state index in [1.807, 2.05) is 17.2 Å². The number of amides is 1. The molecule has 1 saturated heterocycles. The van der Waals surface area contributed by atoms with Gasteiger partial charge in [0.05, 0.1) is 6.54 Å². The average Bonchev–Trinajstić information content (AvgIpc) is 3.33. The molecule has 1 aromatic heterocycles. The fourth-order valence-electron chi connectivity index (χ4n) is 4.63. The van der Waals surface area contributed by atoms with E-state index < -0.39 is 0 Å². The van der Waals surface area contributed by atoms with Gasteiger partial charge in [-0.05, 0) is 60.8 Å². The number of benzene rings is 1. The fourth-order valence-corrected chi connectivity index (χ4v) is 4.63. The van der Waals surface area contributed by atoms with Crippen molar-refractivity contribution in [2.75, 3.05) is 13.3 Å². The molecule has 1 fully saturated rings. The molecule has 3 aliphatic rings. The normalized spacial score (nSPS) is 23.2. The van der Waals surface area contributed by atoms with Crippen molar-refractivity contribution in [2.24, 2.45) is 5.41 Å². The summed E-state index contributed by atoms with van der Waals surface area (Å²) in [6, 6.07) is 6.15. The highest BCUT2D eigenvalue weighted by atomic mass is 16.7. The van der Waals surface area contributed by atoms with Gasteiger partial charge in [0, 0.05) is 24.9 Å². The minimum atomic E-state index is 0.0261. The maximum Gasteiger partial charge on any atom is 0.231 e. The van der Waals surface area contributed by atoms with Crippen LogP contribution in [0.15, 0.2) is 24.4 Å². The smallest absolute Gasteiger partial charge is 0.231 e. The third kappa shape index (κ3) is 3.32. The Hall–Kier alpha value is -2.63. The summed E-state index contributed by atoms with van der Waals surface area (Å²) >= 11 is 0. The highest BCUT2D eigenvalue weighted by molar-refractivity contribution is 5.77. The van der Waals surface area contributed by atoms with Crippen molar-refractivity contribution in [3.05, 3.63) is 47.0 Å². The quantitative estimate of drug-likeness (QED) is 0.817. The van der Waals surface area contributed by atoms with E-state index in [-0.39, 0.29) is 11.3 Å². The van der Waals surface area contributed by atoms with Crippen molar-refractivity contribution in [3.63, 3.8) is 0 Å². The zero-order chi connectivity index (χ0) is 19.1. The van der Waals surface area contributed by atoms with Crippen LogP contribution in [0.5, 0.6) is 11.5 Å². The second kappa shape index (κ2) is 6.76. The number of fused-ring (bicyclic) bond motifs is 2. The molecule has 0 radical (unpaired) electrons. The largest absolute Gasteiger partial charge is 0.454 e. The minimum absolute atomic E-state index is 0.0261. The number of nitrogens with zero attached hydrogens (tertiary/aromatic N) is 3. The number of aryl methyl sites for hydroxylation is 2. The van der Waals surface area contributed by atoms with E-state index in [1.165, 1.54) is 11.1 Å². The summed E-state index contributed by atoms with van der Waals surface area (Å²) in [6.45, 7) is 3.78. The zero-order valence-corrected chi connectivity index (χ0v) is 16.2. The molecule has 3 heterocycles. The lowest BCUT2D eigenvalue weighted by Gasteiger charge is -2.40. The lowest BCUT2D eigenvalue weighted by molar-refractivity contribution is -0.138. The molecule has 2 aromatic rings. The van der Waals surface area contributed by atoms with Crippen molar-refractivity contribution in [3.8, 4) is 11.5 Å². The van der Waals surface area contributed by atoms with Crippen LogP contribution in [0.2, 0.25) is 0 Å². The number of ether oxygens (including phenoxy) is 2. The van der Waals surface area contributed by atoms with E-state index >= 15 is 0 Å². The number of carbonyl (C=O) groups excluding carboxylic acids is 1. The van der Waals surface area contributed by atoms with Gasteiger partial charge in [-0.1, -0.05) is 13.0 Å². The second-order valence-corrected chi connectivity index (χ2v) is 8.54. The molecule has 1 aliphatic carbocycles. The van der Waals surface area contributed by atoms with Gasteiger partial charge in [-0.25, -0.2) is 9.97 Å². The van der Waals surface area contributed by atoms with Gasteiger partial charge in [0.15, 0.2) is 11.5 Å². The molecule has 0 bridgehead atoms. The standard InChI is InChI=1S/C22H25N3O3/c1-22(10-15-5-6-18-19(9-15)28-14-27-18)8-7-21(26)25(13-22)12-20-23-11-16-3-2-4-17(16)24-20/h5-6,9,11H,2-4,7-8,10,12-14H2,1H3/t22-/m1/s1. The Morgan fingerprint density at radius 1 is 1.18 bits per heavy atom. The molecule has 28 heavy (non-hydrogen) atoms. The topological polar surface area (TPSA) is 64.6 Å². The third-order valence-electron chi connectivity index (χ3n) is 6.13. The summed E-state index contributed by atoms with van der Waals surface area (Å²) in [5.41, 5.74) is 3.67. The Kier molecular flexibility index (Phi) is 4.22. The number of rotatable bonds is 4. The van der Waals surface area contributed by atoms with Gasteiger partial charge in [-0.2, -0.15) is 0 Å². The number of likely N-dealkylation sites (tertiary alicyclic amines) is 1. The van der Waals surface area contributed by atoms with Crippen molar-refractivity contribution in [1.82, 2.24) is 14.9 Å². The molecule has 5 rings (SSSR count). The molecule has 146 valence electrons. The van der Waals surface area contributed by atoms with Crippen LogP contribution in [0, 0.1) is 5.41 Å². The van der Waals surface area contributed by atoms with Crippen LogP contribution in [-0.4, -0.2) is 34.1 Å². The molecule has 1 aromatic carbocycles. The van der Waals surface area contributed by atoms with Crippen molar-refractivity contribution < 1.29 is 14.3 Å². The Morgan fingerprint density at radius 3 is 3.00 bits per heavy atom. The van der Waals surface area contributed by atoms with Crippen LogP contribution in [0.3, 0.4) is 0 Å². The molecule has 0 spiro atoms. The lowest BCUT2D eigenvalue weighted by atomic mass is 9.76. The first-order valence-corrected chi connectivity index (χ1v) is 10.1. The molecule has 1 amide bonds. The number of aromatic nitrogens is 2. The number of hydrogen-bond acceptors (Lipinski definition) is 5. The predicted molar refractivity (Wildman–Crippen MR) is 103 cm³/mol. The summed E-state index contributed by atoms with van der Waals surface area (Å²) < 4.78 is 10.9. The van der Waals surface area contributed by atoms with Gasteiger partial charge in [-0.3, -0.25) is 4.79 Å². The maximum atomic E-state index is 12.6. The second-order valence-electron chi connectivity index (χ2n) is 8.54. The van der Waals surface area contributed by atoms with E-state index in [1.54, 1.807) is 0 Å². The van der Waals surface area contributed by atoms with Gasteiger partial charge in [0.1, 0.15) is 5.82 Å². The highest BCUT2D eigenvalue weighted by Crippen LogP contribution is 2.38. The summed E-state index contributed by atoms with van der Waals surface area (Å²) in [7, 11) is 0. The number of hydrogen-bond donors (Lipinski definition) is 0. The van der Waals surface area contributed by atoms with Gasteiger partial charge in [0.25, 0.3) is 0 Å². The van der Waals surface area contributed by atoms with E-state index in [0.29, 0.717) is 19.8 Å². The summed E-state index contributed by atoms with van der Waals surface area (Å²) in [6.07, 6.45) is 7.58. The first kappa shape index (κ1) is 17.5. The molecule has 6 nitrogen and oxygen atoms in total. The van der Waals surface area contributed by atoms with E-state index in [0.717, 1.165) is 61.7 Å². The first-order valence-electron chi connectivity index (χ1n) is 10.1. The number of piperidine rings is 1. The zero-order valence-electron chi connectivity index (χ0n) is 16.2. The maximum absolute atomic E-state index is 12.6. The van der Waals surface area contributed by atoms with Crippen LogP contribution in [-0.2, 0) is 30.6 Å². The van der Waals surface area contributed by atoms with E-state index in [2.05, 4.69) is 24.0 Å². The first-order chi connectivity index (χ1) is 13.6. The lowest BCUT2D eigenvalue weighted by Crippen LogP contribution is -2.46. The summed E-state index contributed by atoms with van der Waals surface area (Å²) in [5, 5.41) is 0. The fraction of sp³-hybridized carbons (Fsp3) is 0.500. The van der Waals surface area contributed by atoms with E-state index in [4.69, 9.17) is 14.5 Å². The molecule has 6 heteroatoms. The summed E-state index contributed by atoms with van der Waals surface area (Å²) in [5.74, 6) is 2.59. The van der Waals surface area contributed by atoms with Crippen LogP contribution in [0.4, 0.5) is 0 Å². The van der Waals surface area contributed by atoms with Crippen LogP contribution >= 0.6 is 0 Å². The molecular formula is C22H25N3O3. The Bertz CT molecular complexity index is 929. The predicted octanol–water partition coefficient (Wildman–Crippen LogP) is 3.07. The Balaban J connectivity index is 1.30. The van der Waals surface area contributed by atoms with Crippen molar-refractivity contribution >= 4 is 5.91 Å². The van der Waals surface area contributed by atoms with Crippen LogP contribution < -0.4 is 9.47 Å². The van der Waals surface area contributed by atoms with Crippen molar-refractivity contribution in [2.45, 2.75) is 52.0 Å². The van der Waals surface area contributed by atoms with Gasteiger partial charge in [-0.15, -0.1) is 0 Å². The Labute approximate surface area is 164 Å². The summed E-state index contributed by atoms with van der Waals surface area (Å²) in [4.78, 5) is 23.7. The highest BCUT2D eigenvalue weighted by Gasteiger charge is 2.35. The SMILES string of the molecule is C[C@]1(Cc2ccc3c(c2)OCO3)CCC(=O)N(Cc2ncc3c(n2)CCC3)C1. The third-order valence-corrected chi connectivity index (χ3v) is 6.13. The van der Waals surface area contributed by atoms with Gasteiger partial charge >= 0.3 is 0 Å².